The lowest BCUT2D eigenvalue weighted by atomic mass is 10.1. The van der Waals surface area contributed by atoms with Gasteiger partial charge in [-0.1, -0.05) is 23.2 Å². The molecule has 1 N–H and O–H groups in total. The SMILES string of the molecule is Cn1ncc(Cl)c1C(O)c1ncccc1Cl. The van der Waals surface area contributed by atoms with Gasteiger partial charge in [-0.3, -0.25) is 9.67 Å². The summed E-state index contributed by atoms with van der Waals surface area (Å²) in [6.45, 7) is 0. The van der Waals surface area contributed by atoms with Gasteiger partial charge in [-0.05, 0) is 12.1 Å². The number of aliphatic hydroxyl groups is 1. The molecule has 0 aliphatic rings. The van der Waals surface area contributed by atoms with Crippen LogP contribution in [-0.2, 0) is 7.05 Å². The largest absolute Gasteiger partial charge is 0.380 e. The van der Waals surface area contributed by atoms with E-state index in [-0.39, 0.29) is 0 Å². The molecule has 0 amide bonds. The van der Waals surface area contributed by atoms with Gasteiger partial charge >= 0.3 is 0 Å². The maximum Gasteiger partial charge on any atom is 0.140 e. The smallest absolute Gasteiger partial charge is 0.140 e. The van der Waals surface area contributed by atoms with Crippen molar-refractivity contribution >= 4 is 23.2 Å². The van der Waals surface area contributed by atoms with E-state index in [9.17, 15) is 5.11 Å². The number of aliphatic hydroxyl groups excluding tert-OH is 1. The molecule has 0 saturated heterocycles. The summed E-state index contributed by atoms with van der Waals surface area (Å²) in [6.07, 6.45) is 2.06. The van der Waals surface area contributed by atoms with Crippen LogP contribution in [0.1, 0.15) is 17.5 Å². The summed E-state index contributed by atoms with van der Waals surface area (Å²) in [5.41, 5.74) is 0.844. The van der Waals surface area contributed by atoms with Crippen molar-refractivity contribution in [3.63, 3.8) is 0 Å². The average Bonchev–Trinajstić information content (AvgIpc) is 2.58. The predicted molar refractivity (Wildman–Crippen MR) is 61.5 cm³/mol. The molecular weight excluding hydrogens is 249 g/mol. The van der Waals surface area contributed by atoms with E-state index in [1.165, 1.54) is 10.9 Å². The highest BCUT2D eigenvalue weighted by Gasteiger charge is 2.21. The van der Waals surface area contributed by atoms with Gasteiger partial charge in [-0.15, -0.1) is 0 Å². The second kappa shape index (κ2) is 4.41. The van der Waals surface area contributed by atoms with Gasteiger partial charge < -0.3 is 5.11 Å². The first kappa shape index (κ1) is 11.4. The van der Waals surface area contributed by atoms with Crippen LogP contribution in [0.5, 0.6) is 0 Å². The third kappa shape index (κ3) is 1.91. The van der Waals surface area contributed by atoms with E-state index in [1.807, 2.05) is 0 Å². The molecule has 84 valence electrons. The first-order chi connectivity index (χ1) is 7.61. The Labute approximate surface area is 102 Å². The summed E-state index contributed by atoms with van der Waals surface area (Å²) in [4.78, 5) is 4.03. The van der Waals surface area contributed by atoms with Crippen molar-refractivity contribution < 1.29 is 5.11 Å². The number of hydrogen-bond acceptors (Lipinski definition) is 3. The van der Waals surface area contributed by atoms with Crippen molar-refractivity contribution in [2.75, 3.05) is 0 Å². The highest BCUT2D eigenvalue weighted by molar-refractivity contribution is 6.32. The van der Waals surface area contributed by atoms with E-state index in [1.54, 1.807) is 25.4 Å². The van der Waals surface area contributed by atoms with E-state index < -0.39 is 6.10 Å². The Morgan fingerprint density at radius 3 is 2.69 bits per heavy atom. The molecule has 0 bridgehead atoms. The van der Waals surface area contributed by atoms with Gasteiger partial charge in [0.25, 0.3) is 0 Å². The van der Waals surface area contributed by atoms with Crippen LogP contribution in [0.15, 0.2) is 24.5 Å². The van der Waals surface area contributed by atoms with Crippen LogP contribution in [0.25, 0.3) is 0 Å². The Bertz CT molecular complexity index is 493. The first-order valence-electron chi connectivity index (χ1n) is 4.57. The van der Waals surface area contributed by atoms with E-state index in [0.29, 0.717) is 21.4 Å². The summed E-state index contributed by atoms with van der Waals surface area (Å²) in [5.74, 6) is 0. The fourth-order valence-electron chi connectivity index (χ4n) is 1.46. The van der Waals surface area contributed by atoms with Crippen LogP contribution >= 0.6 is 23.2 Å². The summed E-state index contributed by atoms with van der Waals surface area (Å²) < 4.78 is 1.50. The van der Waals surface area contributed by atoms with Crippen molar-refractivity contribution in [1.29, 1.82) is 0 Å². The van der Waals surface area contributed by atoms with Gasteiger partial charge in [0.2, 0.25) is 0 Å². The molecule has 0 aliphatic heterocycles. The second-order valence-electron chi connectivity index (χ2n) is 3.27. The quantitative estimate of drug-likeness (QED) is 0.898. The normalized spacial score (nSPS) is 12.8. The Morgan fingerprint density at radius 1 is 1.38 bits per heavy atom. The number of rotatable bonds is 2. The standard InChI is InChI=1S/C10H9Cl2N3O/c1-15-9(7(12)5-14-15)10(16)8-6(11)3-2-4-13-8/h2-5,10,16H,1H3. The Morgan fingerprint density at radius 2 is 2.12 bits per heavy atom. The molecule has 1 atom stereocenters. The third-order valence-electron chi connectivity index (χ3n) is 2.24. The van der Waals surface area contributed by atoms with Gasteiger partial charge in [0.15, 0.2) is 0 Å². The fourth-order valence-corrected chi connectivity index (χ4v) is 1.95. The fraction of sp³-hybridized carbons (Fsp3) is 0.200. The molecule has 0 spiro atoms. The number of halogens is 2. The highest BCUT2D eigenvalue weighted by atomic mass is 35.5. The molecule has 4 nitrogen and oxygen atoms in total. The Kier molecular flexibility index (Phi) is 3.14. The van der Waals surface area contributed by atoms with Crippen LogP contribution in [0.3, 0.4) is 0 Å². The molecule has 6 heteroatoms. The summed E-state index contributed by atoms with van der Waals surface area (Å²) in [7, 11) is 1.70. The number of hydrogen-bond donors (Lipinski definition) is 1. The number of aromatic nitrogens is 3. The molecule has 0 aliphatic carbocycles. The van der Waals surface area contributed by atoms with Gasteiger partial charge in [-0.2, -0.15) is 5.10 Å². The van der Waals surface area contributed by atoms with Crippen LogP contribution in [-0.4, -0.2) is 19.9 Å². The molecule has 0 fully saturated rings. The number of nitrogens with zero attached hydrogens (tertiary/aromatic N) is 3. The lowest BCUT2D eigenvalue weighted by Crippen LogP contribution is -2.09. The zero-order chi connectivity index (χ0) is 11.7. The Balaban J connectivity index is 2.47. The van der Waals surface area contributed by atoms with Crippen molar-refractivity contribution in [2.45, 2.75) is 6.10 Å². The predicted octanol–water partition coefficient (Wildman–Crippen LogP) is 2.20. The van der Waals surface area contributed by atoms with Crippen LogP contribution in [0.4, 0.5) is 0 Å². The topological polar surface area (TPSA) is 50.9 Å². The third-order valence-corrected chi connectivity index (χ3v) is 2.85. The van der Waals surface area contributed by atoms with Crippen LogP contribution in [0.2, 0.25) is 10.0 Å². The maximum atomic E-state index is 10.1. The van der Waals surface area contributed by atoms with Gasteiger partial charge in [-0.25, -0.2) is 0 Å². The van der Waals surface area contributed by atoms with E-state index >= 15 is 0 Å². The molecule has 2 aromatic heterocycles. The first-order valence-corrected chi connectivity index (χ1v) is 5.32. The van der Waals surface area contributed by atoms with E-state index in [0.717, 1.165) is 0 Å². The van der Waals surface area contributed by atoms with E-state index in [2.05, 4.69) is 10.1 Å². The monoisotopic (exact) mass is 257 g/mol. The van der Waals surface area contributed by atoms with Crippen molar-refractivity contribution in [3.8, 4) is 0 Å². The molecular formula is C10H9Cl2N3O. The molecule has 2 rings (SSSR count). The minimum atomic E-state index is -0.978. The molecule has 16 heavy (non-hydrogen) atoms. The lowest BCUT2D eigenvalue weighted by Gasteiger charge is -2.12. The molecule has 1 unspecified atom stereocenters. The van der Waals surface area contributed by atoms with Gasteiger partial charge in [0.1, 0.15) is 6.10 Å². The minimum Gasteiger partial charge on any atom is -0.380 e. The average molecular weight is 258 g/mol. The zero-order valence-electron chi connectivity index (χ0n) is 8.43. The maximum absolute atomic E-state index is 10.1. The highest BCUT2D eigenvalue weighted by Crippen LogP contribution is 2.29. The number of aryl methyl sites for hydroxylation is 1. The molecule has 2 heterocycles. The van der Waals surface area contributed by atoms with Crippen molar-refractivity contribution in [2.24, 2.45) is 7.05 Å². The van der Waals surface area contributed by atoms with Crippen molar-refractivity contribution in [1.82, 2.24) is 14.8 Å². The van der Waals surface area contributed by atoms with Crippen LogP contribution in [0, 0.1) is 0 Å². The molecule has 0 aromatic carbocycles. The van der Waals surface area contributed by atoms with Crippen LogP contribution < -0.4 is 0 Å². The molecule has 0 saturated carbocycles. The zero-order valence-corrected chi connectivity index (χ0v) is 9.94. The summed E-state index contributed by atoms with van der Waals surface area (Å²) in [6, 6.07) is 3.36. The van der Waals surface area contributed by atoms with Crippen molar-refractivity contribution in [3.05, 3.63) is 46.0 Å². The van der Waals surface area contributed by atoms with Gasteiger partial charge in [0.05, 0.1) is 27.6 Å². The summed E-state index contributed by atoms with van der Waals surface area (Å²) in [5, 5.41) is 14.9. The minimum absolute atomic E-state index is 0.370. The number of pyridine rings is 1. The lowest BCUT2D eigenvalue weighted by molar-refractivity contribution is 0.205. The van der Waals surface area contributed by atoms with E-state index in [4.69, 9.17) is 23.2 Å². The Hall–Kier alpha value is -1.10. The molecule has 0 radical (unpaired) electrons. The summed E-state index contributed by atoms with van der Waals surface area (Å²) >= 11 is 11.9. The van der Waals surface area contributed by atoms with Gasteiger partial charge in [0, 0.05) is 13.2 Å². The second-order valence-corrected chi connectivity index (χ2v) is 4.09. The molecule has 2 aromatic rings.